The van der Waals surface area contributed by atoms with Crippen molar-refractivity contribution in [1.82, 2.24) is 14.8 Å². The van der Waals surface area contributed by atoms with Crippen molar-refractivity contribution in [1.29, 1.82) is 0 Å². The SMILES string of the molecule is Cn1cccc1C(=O)Nc1ccc2[nH]ncc2c1. The monoisotopic (exact) mass is 240 g/mol. The van der Waals surface area contributed by atoms with E-state index in [-0.39, 0.29) is 5.91 Å². The van der Waals surface area contributed by atoms with Gasteiger partial charge in [-0.1, -0.05) is 0 Å². The van der Waals surface area contributed by atoms with Gasteiger partial charge in [0.2, 0.25) is 0 Å². The molecule has 5 nitrogen and oxygen atoms in total. The first-order valence-electron chi connectivity index (χ1n) is 5.60. The van der Waals surface area contributed by atoms with E-state index in [0.29, 0.717) is 5.69 Å². The number of H-pyrrole nitrogens is 1. The maximum atomic E-state index is 12.0. The van der Waals surface area contributed by atoms with E-state index >= 15 is 0 Å². The maximum absolute atomic E-state index is 12.0. The summed E-state index contributed by atoms with van der Waals surface area (Å²) in [5.41, 5.74) is 2.34. The number of benzene rings is 1. The molecule has 1 amide bonds. The summed E-state index contributed by atoms with van der Waals surface area (Å²) in [4.78, 5) is 12.0. The van der Waals surface area contributed by atoms with Gasteiger partial charge in [-0.15, -0.1) is 0 Å². The van der Waals surface area contributed by atoms with Gasteiger partial charge in [0.1, 0.15) is 5.69 Å². The first-order valence-corrected chi connectivity index (χ1v) is 5.60. The highest BCUT2D eigenvalue weighted by atomic mass is 16.1. The average Bonchev–Trinajstić information content (AvgIpc) is 2.96. The number of carbonyl (C=O) groups is 1. The predicted octanol–water partition coefficient (Wildman–Crippen LogP) is 2.15. The van der Waals surface area contributed by atoms with Crippen LogP contribution in [-0.2, 0) is 7.05 Å². The predicted molar refractivity (Wildman–Crippen MR) is 69.5 cm³/mol. The van der Waals surface area contributed by atoms with Crippen LogP contribution in [0, 0.1) is 0 Å². The molecule has 3 rings (SSSR count). The first kappa shape index (κ1) is 10.6. The molecule has 2 N–H and O–H groups in total. The number of carbonyl (C=O) groups excluding carboxylic acids is 1. The summed E-state index contributed by atoms with van der Waals surface area (Å²) in [7, 11) is 1.84. The van der Waals surface area contributed by atoms with Crippen molar-refractivity contribution < 1.29 is 4.79 Å². The Bertz CT molecular complexity index is 710. The van der Waals surface area contributed by atoms with Crippen molar-refractivity contribution in [3.05, 3.63) is 48.4 Å². The number of rotatable bonds is 2. The lowest BCUT2D eigenvalue weighted by atomic mass is 10.2. The fourth-order valence-corrected chi connectivity index (χ4v) is 1.91. The lowest BCUT2D eigenvalue weighted by Crippen LogP contribution is -2.15. The number of nitrogens with one attached hydrogen (secondary N) is 2. The van der Waals surface area contributed by atoms with Gasteiger partial charge >= 0.3 is 0 Å². The zero-order valence-electron chi connectivity index (χ0n) is 9.84. The summed E-state index contributed by atoms with van der Waals surface area (Å²) < 4.78 is 1.78. The molecule has 5 heteroatoms. The molecule has 0 bridgehead atoms. The van der Waals surface area contributed by atoms with Gasteiger partial charge < -0.3 is 9.88 Å². The molecule has 0 saturated carbocycles. The number of anilines is 1. The van der Waals surface area contributed by atoms with Gasteiger partial charge in [-0.05, 0) is 30.3 Å². The molecule has 3 aromatic rings. The average molecular weight is 240 g/mol. The largest absolute Gasteiger partial charge is 0.347 e. The van der Waals surface area contributed by atoms with Gasteiger partial charge in [0, 0.05) is 24.3 Å². The molecule has 0 aliphatic heterocycles. The zero-order valence-corrected chi connectivity index (χ0v) is 9.84. The van der Waals surface area contributed by atoms with Gasteiger partial charge in [-0.3, -0.25) is 9.89 Å². The molecular weight excluding hydrogens is 228 g/mol. The zero-order chi connectivity index (χ0) is 12.5. The third kappa shape index (κ3) is 1.75. The van der Waals surface area contributed by atoms with E-state index in [1.165, 1.54) is 0 Å². The van der Waals surface area contributed by atoms with E-state index in [1.54, 1.807) is 16.8 Å². The second-order valence-electron chi connectivity index (χ2n) is 4.13. The number of nitrogens with zero attached hydrogens (tertiary/aromatic N) is 2. The molecule has 2 aromatic heterocycles. The highest BCUT2D eigenvalue weighted by Crippen LogP contribution is 2.17. The Kier molecular flexibility index (Phi) is 2.37. The van der Waals surface area contributed by atoms with Crippen molar-refractivity contribution in [2.24, 2.45) is 7.05 Å². The minimum absolute atomic E-state index is 0.120. The van der Waals surface area contributed by atoms with Gasteiger partial charge in [-0.25, -0.2) is 0 Å². The van der Waals surface area contributed by atoms with Crippen molar-refractivity contribution >= 4 is 22.5 Å². The normalized spacial score (nSPS) is 10.7. The number of amides is 1. The molecule has 0 aliphatic carbocycles. The number of hydrogen-bond donors (Lipinski definition) is 2. The molecule has 0 unspecified atom stereocenters. The third-order valence-corrected chi connectivity index (χ3v) is 2.87. The van der Waals surface area contributed by atoms with Gasteiger partial charge in [0.25, 0.3) is 5.91 Å². The number of fused-ring (bicyclic) bond motifs is 1. The molecule has 90 valence electrons. The second-order valence-corrected chi connectivity index (χ2v) is 4.13. The Balaban J connectivity index is 1.88. The Labute approximate surface area is 103 Å². The minimum atomic E-state index is -0.120. The Morgan fingerprint density at radius 3 is 3.06 bits per heavy atom. The maximum Gasteiger partial charge on any atom is 0.272 e. The van der Waals surface area contributed by atoms with E-state index in [4.69, 9.17) is 0 Å². The van der Waals surface area contributed by atoms with Crippen LogP contribution in [0.1, 0.15) is 10.5 Å². The summed E-state index contributed by atoms with van der Waals surface area (Å²) in [6.07, 6.45) is 3.57. The third-order valence-electron chi connectivity index (χ3n) is 2.87. The second kappa shape index (κ2) is 4.03. The van der Waals surface area contributed by atoms with Gasteiger partial charge in [0.15, 0.2) is 0 Å². The lowest BCUT2D eigenvalue weighted by molar-refractivity contribution is 0.101. The summed E-state index contributed by atoms with van der Waals surface area (Å²) in [6, 6.07) is 9.25. The topological polar surface area (TPSA) is 62.7 Å². The van der Waals surface area contributed by atoms with E-state index in [2.05, 4.69) is 15.5 Å². The molecule has 1 aromatic carbocycles. The summed E-state index contributed by atoms with van der Waals surface area (Å²) in [5, 5.41) is 10.7. The summed E-state index contributed by atoms with van der Waals surface area (Å²) in [5.74, 6) is -0.120. The number of aromatic amines is 1. The van der Waals surface area contributed by atoms with E-state index < -0.39 is 0 Å². The smallest absolute Gasteiger partial charge is 0.272 e. The molecule has 0 atom stereocenters. The molecule has 0 saturated heterocycles. The van der Waals surface area contributed by atoms with Crippen LogP contribution < -0.4 is 5.32 Å². The van der Waals surface area contributed by atoms with Crippen LogP contribution in [0.5, 0.6) is 0 Å². The fourth-order valence-electron chi connectivity index (χ4n) is 1.91. The Morgan fingerprint density at radius 1 is 1.39 bits per heavy atom. The van der Waals surface area contributed by atoms with Crippen LogP contribution in [0.15, 0.2) is 42.7 Å². The lowest BCUT2D eigenvalue weighted by Gasteiger charge is -2.06. The van der Waals surface area contributed by atoms with E-state index in [0.717, 1.165) is 16.6 Å². The quantitative estimate of drug-likeness (QED) is 0.721. The molecule has 0 radical (unpaired) electrons. The van der Waals surface area contributed by atoms with Gasteiger partial charge in [0.05, 0.1) is 11.7 Å². The van der Waals surface area contributed by atoms with Crippen LogP contribution in [0.2, 0.25) is 0 Å². The van der Waals surface area contributed by atoms with Crippen molar-refractivity contribution in [2.45, 2.75) is 0 Å². The highest BCUT2D eigenvalue weighted by Gasteiger charge is 2.09. The van der Waals surface area contributed by atoms with Crippen molar-refractivity contribution in [3.63, 3.8) is 0 Å². The Morgan fingerprint density at radius 2 is 2.28 bits per heavy atom. The fraction of sp³-hybridized carbons (Fsp3) is 0.0769. The van der Waals surface area contributed by atoms with Crippen LogP contribution in [0.3, 0.4) is 0 Å². The standard InChI is InChI=1S/C13H12N4O/c1-17-6-2-3-12(17)13(18)15-10-4-5-11-9(7-10)8-14-16-11/h2-8H,1H3,(H,14,16)(H,15,18). The van der Waals surface area contributed by atoms with Crippen LogP contribution >= 0.6 is 0 Å². The number of aromatic nitrogens is 3. The Hall–Kier alpha value is -2.56. The summed E-state index contributed by atoms with van der Waals surface area (Å²) >= 11 is 0. The van der Waals surface area contributed by atoms with E-state index in [9.17, 15) is 4.79 Å². The molecule has 0 fully saturated rings. The first-order chi connectivity index (χ1) is 8.74. The number of aryl methyl sites for hydroxylation is 1. The van der Waals surface area contributed by atoms with Crippen molar-refractivity contribution in [2.75, 3.05) is 5.32 Å². The molecule has 0 spiro atoms. The molecular formula is C13H12N4O. The summed E-state index contributed by atoms with van der Waals surface area (Å²) in [6.45, 7) is 0. The number of hydrogen-bond acceptors (Lipinski definition) is 2. The van der Waals surface area contributed by atoms with Crippen LogP contribution in [-0.4, -0.2) is 20.7 Å². The molecule has 2 heterocycles. The van der Waals surface area contributed by atoms with E-state index in [1.807, 2.05) is 37.5 Å². The van der Waals surface area contributed by atoms with Crippen molar-refractivity contribution in [3.8, 4) is 0 Å². The molecule has 0 aliphatic rings. The minimum Gasteiger partial charge on any atom is -0.347 e. The molecule has 18 heavy (non-hydrogen) atoms. The van der Waals surface area contributed by atoms with Gasteiger partial charge in [-0.2, -0.15) is 5.10 Å². The van der Waals surface area contributed by atoms with Crippen LogP contribution in [0.4, 0.5) is 5.69 Å². The van der Waals surface area contributed by atoms with Crippen LogP contribution in [0.25, 0.3) is 10.9 Å². The highest BCUT2D eigenvalue weighted by molar-refractivity contribution is 6.04.